The Balaban J connectivity index is 2.27. The summed E-state index contributed by atoms with van der Waals surface area (Å²) in [5.74, 6) is 8.45. The van der Waals surface area contributed by atoms with Crippen LogP contribution in [0.5, 0.6) is 17.4 Å². The van der Waals surface area contributed by atoms with Crippen LogP contribution < -0.4 is 20.7 Å². The molecular weight excluding hydrogens is 336 g/mol. The van der Waals surface area contributed by atoms with Gasteiger partial charge in [-0.15, -0.1) is 0 Å². The Hall–Kier alpha value is -1.86. The van der Waals surface area contributed by atoms with Gasteiger partial charge in [-0.2, -0.15) is 4.98 Å². The molecule has 6 nitrogen and oxygen atoms in total. The molecule has 1 heterocycles. The third-order valence-corrected chi connectivity index (χ3v) is 3.34. The van der Waals surface area contributed by atoms with Crippen LogP contribution in [0.4, 0.5) is 5.82 Å². The van der Waals surface area contributed by atoms with Crippen molar-refractivity contribution in [3.8, 4) is 17.4 Å². The fourth-order valence-corrected chi connectivity index (χ4v) is 2.18. The average Bonchev–Trinajstić information content (AvgIpc) is 2.49. The number of nitrogens with one attached hydrogen (secondary N) is 1. The summed E-state index contributed by atoms with van der Waals surface area (Å²) in [6, 6.07) is 7.10. The number of ether oxygens (including phenoxy) is 2. The van der Waals surface area contributed by atoms with Gasteiger partial charge in [0.05, 0.1) is 11.6 Å². The van der Waals surface area contributed by atoms with Crippen LogP contribution in [0.3, 0.4) is 0 Å². The zero-order valence-electron chi connectivity index (χ0n) is 11.9. The van der Waals surface area contributed by atoms with E-state index in [-0.39, 0.29) is 0 Å². The number of rotatable bonds is 6. The van der Waals surface area contributed by atoms with Gasteiger partial charge in [0, 0.05) is 12.5 Å². The van der Waals surface area contributed by atoms with Crippen LogP contribution in [-0.2, 0) is 6.42 Å². The van der Waals surface area contributed by atoms with Crippen LogP contribution >= 0.6 is 15.9 Å². The molecule has 0 bridgehead atoms. The molecule has 1 aromatic carbocycles. The largest absolute Gasteiger partial charge is 0.497 e. The second-order valence-corrected chi connectivity index (χ2v) is 5.15. The molecule has 3 N–H and O–H groups in total. The number of anilines is 1. The molecule has 0 fully saturated rings. The number of methoxy groups -OCH3 is 1. The van der Waals surface area contributed by atoms with Gasteiger partial charge >= 0.3 is 0 Å². The summed E-state index contributed by atoms with van der Waals surface area (Å²) in [4.78, 5) is 8.64. The first kappa shape index (κ1) is 15.5. The van der Waals surface area contributed by atoms with Crippen molar-refractivity contribution in [2.45, 2.75) is 19.8 Å². The lowest BCUT2D eigenvalue weighted by Crippen LogP contribution is -2.10. The average molecular weight is 353 g/mol. The van der Waals surface area contributed by atoms with Gasteiger partial charge in [-0.05, 0) is 40.5 Å². The van der Waals surface area contributed by atoms with Crippen LogP contribution in [0, 0.1) is 0 Å². The molecule has 0 saturated heterocycles. The quantitative estimate of drug-likeness (QED) is 0.613. The van der Waals surface area contributed by atoms with Gasteiger partial charge in [-0.25, -0.2) is 10.8 Å². The smallest absolute Gasteiger partial charge is 0.224 e. The van der Waals surface area contributed by atoms with Gasteiger partial charge in [0.2, 0.25) is 5.88 Å². The molecule has 112 valence electrons. The Kier molecular flexibility index (Phi) is 5.35. The van der Waals surface area contributed by atoms with Crippen molar-refractivity contribution >= 4 is 21.7 Å². The van der Waals surface area contributed by atoms with E-state index in [1.54, 1.807) is 19.2 Å². The number of halogens is 1. The molecule has 7 heteroatoms. The molecule has 0 aliphatic rings. The van der Waals surface area contributed by atoms with Crippen molar-refractivity contribution in [1.29, 1.82) is 0 Å². The highest BCUT2D eigenvalue weighted by Gasteiger charge is 2.09. The monoisotopic (exact) mass is 352 g/mol. The zero-order valence-corrected chi connectivity index (χ0v) is 13.5. The van der Waals surface area contributed by atoms with Crippen LogP contribution in [-0.4, -0.2) is 17.1 Å². The van der Waals surface area contributed by atoms with E-state index in [4.69, 9.17) is 15.3 Å². The second-order valence-electron chi connectivity index (χ2n) is 4.30. The minimum absolute atomic E-state index is 0.437. The number of benzene rings is 1. The van der Waals surface area contributed by atoms with Crippen molar-refractivity contribution in [2.75, 3.05) is 12.5 Å². The molecule has 0 spiro atoms. The molecule has 2 rings (SSSR count). The van der Waals surface area contributed by atoms with Gasteiger partial charge in [-0.1, -0.05) is 6.92 Å². The number of nitrogen functional groups attached to an aromatic ring is 1. The van der Waals surface area contributed by atoms with Gasteiger partial charge in [0.25, 0.3) is 0 Å². The van der Waals surface area contributed by atoms with Gasteiger partial charge < -0.3 is 14.9 Å². The number of aryl methyl sites for hydroxylation is 1. The fraction of sp³-hybridized carbons (Fsp3) is 0.286. The van der Waals surface area contributed by atoms with Crippen LogP contribution in [0.25, 0.3) is 0 Å². The maximum atomic E-state index is 5.79. The molecule has 2 aromatic rings. The Morgan fingerprint density at radius 1 is 1.29 bits per heavy atom. The fourth-order valence-electron chi connectivity index (χ4n) is 1.74. The summed E-state index contributed by atoms with van der Waals surface area (Å²) in [6.45, 7) is 2.06. The SMILES string of the molecule is CCCc1nc(NN)cc(Oc2ccc(OC)cc2Br)n1. The van der Waals surface area contributed by atoms with Crippen molar-refractivity contribution in [3.63, 3.8) is 0 Å². The molecule has 0 amide bonds. The predicted molar refractivity (Wildman–Crippen MR) is 84.6 cm³/mol. The van der Waals surface area contributed by atoms with Crippen LogP contribution in [0.1, 0.15) is 19.2 Å². The van der Waals surface area contributed by atoms with E-state index in [1.807, 2.05) is 12.1 Å². The highest BCUT2D eigenvalue weighted by molar-refractivity contribution is 9.10. The number of nitrogens with two attached hydrogens (primary N) is 1. The molecule has 0 saturated carbocycles. The highest BCUT2D eigenvalue weighted by Crippen LogP contribution is 2.32. The zero-order chi connectivity index (χ0) is 15.2. The first-order chi connectivity index (χ1) is 10.2. The lowest BCUT2D eigenvalue weighted by atomic mass is 10.3. The van der Waals surface area contributed by atoms with Gasteiger partial charge in [0.1, 0.15) is 23.1 Å². The van der Waals surface area contributed by atoms with Gasteiger partial charge in [0.15, 0.2) is 0 Å². The molecular formula is C14H17BrN4O2. The van der Waals surface area contributed by atoms with Crippen LogP contribution in [0.15, 0.2) is 28.7 Å². The van der Waals surface area contributed by atoms with Crippen molar-refractivity contribution in [3.05, 3.63) is 34.6 Å². The van der Waals surface area contributed by atoms with E-state index in [0.29, 0.717) is 23.3 Å². The minimum atomic E-state index is 0.437. The lowest BCUT2D eigenvalue weighted by Gasteiger charge is -2.10. The van der Waals surface area contributed by atoms with E-state index in [1.165, 1.54) is 0 Å². The molecule has 21 heavy (non-hydrogen) atoms. The topological polar surface area (TPSA) is 82.3 Å². The minimum Gasteiger partial charge on any atom is -0.497 e. The predicted octanol–water partition coefficient (Wildman–Crippen LogP) is 3.28. The summed E-state index contributed by atoms with van der Waals surface area (Å²) in [6.07, 6.45) is 1.70. The summed E-state index contributed by atoms with van der Waals surface area (Å²) in [7, 11) is 1.61. The Labute approximate surface area is 131 Å². The Bertz CT molecular complexity index is 622. The normalized spacial score (nSPS) is 10.3. The van der Waals surface area contributed by atoms with Crippen molar-refractivity contribution in [1.82, 2.24) is 9.97 Å². The number of hydrogen-bond donors (Lipinski definition) is 2. The molecule has 0 atom stereocenters. The number of nitrogens with zero attached hydrogens (tertiary/aromatic N) is 2. The number of hydrogen-bond acceptors (Lipinski definition) is 6. The summed E-state index contributed by atoms with van der Waals surface area (Å²) in [5, 5.41) is 0. The molecule has 0 aliphatic carbocycles. The second kappa shape index (κ2) is 7.24. The van der Waals surface area contributed by atoms with Crippen molar-refractivity contribution < 1.29 is 9.47 Å². The molecule has 0 radical (unpaired) electrons. The van der Waals surface area contributed by atoms with E-state index in [0.717, 1.165) is 23.1 Å². The number of hydrazine groups is 1. The Morgan fingerprint density at radius 2 is 2.10 bits per heavy atom. The maximum Gasteiger partial charge on any atom is 0.224 e. The highest BCUT2D eigenvalue weighted by atomic mass is 79.9. The first-order valence-electron chi connectivity index (χ1n) is 6.52. The van der Waals surface area contributed by atoms with E-state index < -0.39 is 0 Å². The molecule has 0 unspecified atom stereocenters. The van der Waals surface area contributed by atoms with E-state index >= 15 is 0 Å². The first-order valence-corrected chi connectivity index (χ1v) is 7.31. The molecule has 0 aliphatic heterocycles. The summed E-state index contributed by atoms with van der Waals surface area (Å²) in [5.41, 5.74) is 2.52. The van der Waals surface area contributed by atoms with Gasteiger partial charge in [-0.3, -0.25) is 0 Å². The standard InChI is InChI=1S/C14H17BrN4O2/c1-3-4-12-17-13(19-16)8-14(18-12)21-11-6-5-9(20-2)7-10(11)15/h5-8H,3-4,16H2,1-2H3,(H,17,18,19). The van der Waals surface area contributed by atoms with E-state index in [9.17, 15) is 0 Å². The maximum absolute atomic E-state index is 5.79. The summed E-state index contributed by atoms with van der Waals surface area (Å²) < 4.78 is 11.7. The Morgan fingerprint density at radius 3 is 2.71 bits per heavy atom. The lowest BCUT2D eigenvalue weighted by molar-refractivity contribution is 0.411. The third kappa shape index (κ3) is 4.05. The number of aromatic nitrogens is 2. The van der Waals surface area contributed by atoms with Crippen LogP contribution in [0.2, 0.25) is 0 Å². The van der Waals surface area contributed by atoms with E-state index in [2.05, 4.69) is 38.2 Å². The molecule has 1 aromatic heterocycles. The third-order valence-electron chi connectivity index (χ3n) is 2.72. The van der Waals surface area contributed by atoms with Crippen molar-refractivity contribution in [2.24, 2.45) is 5.84 Å². The summed E-state index contributed by atoms with van der Waals surface area (Å²) >= 11 is 3.44.